The van der Waals surface area contributed by atoms with Gasteiger partial charge in [-0.2, -0.15) is 0 Å². The van der Waals surface area contributed by atoms with E-state index in [0.29, 0.717) is 17.9 Å². The molecule has 0 saturated carbocycles. The Morgan fingerprint density at radius 1 is 1.21 bits per heavy atom. The van der Waals surface area contributed by atoms with Crippen molar-refractivity contribution < 1.29 is 4.39 Å². The van der Waals surface area contributed by atoms with Crippen LogP contribution in [0.2, 0.25) is 0 Å². The molecule has 1 aliphatic rings. The Kier molecular flexibility index (Phi) is 5.51. The van der Waals surface area contributed by atoms with Crippen LogP contribution in [0.5, 0.6) is 0 Å². The maximum Gasteiger partial charge on any atom is 0.186 e. The summed E-state index contributed by atoms with van der Waals surface area (Å²) in [5.41, 5.74) is 0.479. The smallest absolute Gasteiger partial charge is 0.186 e. The van der Waals surface area contributed by atoms with Gasteiger partial charge < -0.3 is 10.2 Å². The molecule has 1 aromatic rings. The van der Waals surface area contributed by atoms with Crippen molar-refractivity contribution in [1.29, 1.82) is 0 Å². The maximum atomic E-state index is 13.9. The first-order chi connectivity index (χ1) is 9.31. The third-order valence-electron chi connectivity index (χ3n) is 3.62. The predicted octanol–water partition coefficient (Wildman–Crippen LogP) is 2.47. The van der Waals surface area contributed by atoms with Gasteiger partial charge in [0.25, 0.3) is 0 Å². The summed E-state index contributed by atoms with van der Waals surface area (Å²) in [5, 5.41) is 3.09. The molecule has 1 aromatic heterocycles. The maximum absolute atomic E-state index is 13.9. The average Bonchev–Trinajstić information content (AvgIpc) is 2.69. The number of nitrogens with zero attached hydrogens (tertiary/aromatic N) is 3. The van der Waals surface area contributed by atoms with Crippen molar-refractivity contribution in [3.8, 4) is 0 Å². The summed E-state index contributed by atoms with van der Waals surface area (Å²) in [5.74, 6) is 0.0301. The molecule has 1 N–H and O–H groups in total. The minimum atomic E-state index is -0.305. The number of halogens is 1. The number of hydrogen-bond donors (Lipinski definition) is 1. The molecule has 0 radical (unpaired) electrons. The minimum absolute atomic E-state index is 0.305. The summed E-state index contributed by atoms with van der Waals surface area (Å²) >= 11 is 0. The highest BCUT2D eigenvalue weighted by molar-refractivity contribution is 5.37. The molecule has 5 heteroatoms. The van der Waals surface area contributed by atoms with Crippen LogP contribution in [0, 0.1) is 5.82 Å². The van der Waals surface area contributed by atoms with Gasteiger partial charge in [0.05, 0.1) is 5.69 Å². The van der Waals surface area contributed by atoms with Crippen LogP contribution in [0.4, 0.5) is 10.2 Å². The lowest BCUT2D eigenvalue weighted by Crippen LogP contribution is -2.30. The van der Waals surface area contributed by atoms with E-state index in [1.165, 1.54) is 32.0 Å². The molecular formula is C14H23FN4. The van der Waals surface area contributed by atoms with Gasteiger partial charge in [0, 0.05) is 13.1 Å². The summed E-state index contributed by atoms with van der Waals surface area (Å²) in [6, 6.07) is 0. The zero-order valence-corrected chi connectivity index (χ0v) is 11.7. The highest BCUT2D eigenvalue weighted by Crippen LogP contribution is 2.13. The molecule has 0 aromatic carbocycles. The molecule has 0 aliphatic carbocycles. The minimum Gasteiger partial charge on any atom is -0.366 e. The summed E-state index contributed by atoms with van der Waals surface area (Å²) in [6.45, 7) is 5.90. The normalized spacial score (nSPS) is 17.2. The number of aromatic nitrogens is 2. The van der Waals surface area contributed by atoms with E-state index in [9.17, 15) is 4.39 Å². The van der Waals surface area contributed by atoms with Crippen molar-refractivity contribution in [1.82, 2.24) is 14.9 Å². The molecule has 1 aliphatic heterocycles. The monoisotopic (exact) mass is 266 g/mol. The van der Waals surface area contributed by atoms with Crippen LogP contribution >= 0.6 is 0 Å². The van der Waals surface area contributed by atoms with Crippen molar-refractivity contribution in [3.05, 3.63) is 17.8 Å². The number of nitrogens with one attached hydrogen (secondary N) is 1. The molecule has 19 heavy (non-hydrogen) atoms. The molecule has 1 fully saturated rings. The van der Waals surface area contributed by atoms with Crippen molar-refractivity contribution in [2.75, 3.05) is 31.5 Å². The van der Waals surface area contributed by atoms with E-state index >= 15 is 0 Å². The van der Waals surface area contributed by atoms with E-state index in [0.717, 1.165) is 26.2 Å². The number of hydrogen-bond acceptors (Lipinski definition) is 4. The number of aryl methyl sites for hydroxylation is 1. The van der Waals surface area contributed by atoms with Gasteiger partial charge in [-0.1, -0.05) is 19.8 Å². The van der Waals surface area contributed by atoms with E-state index in [1.807, 2.05) is 6.92 Å². The summed E-state index contributed by atoms with van der Waals surface area (Å²) in [7, 11) is 0. The lowest BCUT2D eigenvalue weighted by Gasteiger charge is -2.20. The van der Waals surface area contributed by atoms with Crippen molar-refractivity contribution in [2.45, 2.75) is 39.0 Å². The second-order valence-corrected chi connectivity index (χ2v) is 5.02. The molecule has 1 saturated heterocycles. The molecule has 4 nitrogen and oxygen atoms in total. The van der Waals surface area contributed by atoms with Gasteiger partial charge in [-0.25, -0.2) is 14.4 Å². The molecular weight excluding hydrogens is 243 g/mol. The predicted molar refractivity (Wildman–Crippen MR) is 74.8 cm³/mol. The van der Waals surface area contributed by atoms with Gasteiger partial charge in [-0.05, 0) is 32.4 Å². The second-order valence-electron chi connectivity index (χ2n) is 5.02. The fourth-order valence-corrected chi connectivity index (χ4v) is 2.47. The number of anilines is 1. The number of rotatable bonds is 5. The van der Waals surface area contributed by atoms with Gasteiger partial charge in [0.1, 0.15) is 6.33 Å². The second kappa shape index (κ2) is 7.38. The standard InChI is InChI=1S/C14H23FN4/c1-2-12-13(15)14(18-11-17-12)16-7-10-19-8-5-3-4-6-9-19/h11H,2-10H2,1H3,(H,16,17,18). The Morgan fingerprint density at radius 2 is 1.95 bits per heavy atom. The van der Waals surface area contributed by atoms with E-state index < -0.39 is 0 Å². The van der Waals surface area contributed by atoms with Crippen molar-refractivity contribution in [3.63, 3.8) is 0 Å². The largest absolute Gasteiger partial charge is 0.366 e. The highest BCUT2D eigenvalue weighted by Gasteiger charge is 2.11. The molecule has 2 rings (SSSR count). The molecule has 0 bridgehead atoms. The van der Waals surface area contributed by atoms with Crippen molar-refractivity contribution >= 4 is 5.82 Å². The lowest BCUT2D eigenvalue weighted by molar-refractivity contribution is 0.296. The fraction of sp³-hybridized carbons (Fsp3) is 0.714. The zero-order valence-electron chi connectivity index (χ0n) is 11.7. The Bertz CT molecular complexity index is 389. The highest BCUT2D eigenvalue weighted by atomic mass is 19.1. The van der Waals surface area contributed by atoms with E-state index in [4.69, 9.17) is 0 Å². The molecule has 0 atom stereocenters. The van der Waals surface area contributed by atoms with Crippen LogP contribution < -0.4 is 5.32 Å². The van der Waals surface area contributed by atoms with Crippen LogP contribution in [0.25, 0.3) is 0 Å². The first-order valence-corrected chi connectivity index (χ1v) is 7.27. The zero-order chi connectivity index (χ0) is 13.5. The lowest BCUT2D eigenvalue weighted by atomic mass is 10.2. The molecule has 2 heterocycles. The van der Waals surface area contributed by atoms with Crippen LogP contribution in [0.1, 0.15) is 38.3 Å². The molecule has 0 amide bonds. The Morgan fingerprint density at radius 3 is 2.63 bits per heavy atom. The Labute approximate surface area is 114 Å². The topological polar surface area (TPSA) is 41.1 Å². The van der Waals surface area contributed by atoms with Crippen LogP contribution in [-0.4, -0.2) is 41.0 Å². The molecule has 0 unspecified atom stereocenters. The van der Waals surface area contributed by atoms with Gasteiger partial charge >= 0.3 is 0 Å². The summed E-state index contributed by atoms with van der Waals surface area (Å²) in [6.07, 6.45) is 7.25. The van der Waals surface area contributed by atoms with Crippen molar-refractivity contribution in [2.24, 2.45) is 0 Å². The first-order valence-electron chi connectivity index (χ1n) is 7.27. The first kappa shape index (κ1) is 14.2. The van der Waals surface area contributed by atoms with Crippen LogP contribution in [0.15, 0.2) is 6.33 Å². The quantitative estimate of drug-likeness (QED) is 0.889. The molecule has 106 valence electrons. The average molecular weight is 266 g/mol. The van der Waals surface area contributed by atoms with E-state index in [1.54, 1.807) is 0 Å². The fourth-order valence-electron chi connectivity index (χ4n) is 2.47. The molecule has 0 spiro atoms. The van der Waals surface area contributed by atoms with Gasteiger partial charge in [-0.15, -0.1) is 0 Å². The van der Waals surface area contributed by atoms with E-state index in [-0.39, 0.29) is 5.82 Å². The van der Waals surface area contributed by atoms with Gasteiger partial charge in [0.2, 0.25) is 0 Å². The Balaban J connectivity index is 1.81. The number of likely N-dealkylation sites (tertiary alicyclic amines) is 1. The third kappa shape index (κ3) is 4.13. The van der Waals surface area contributed by atoms with Gasteiger partial charge in [-0.3, -0.25) is 0 Å². The third-order valence-corrected chi connectivity index (χ3v) is 3.62. The van der Waals surface area contributed by atoms with Gasteiger partial charge in [0.15, 0.2) is 11.6 Å². The summed E-state index contributed by atoms with van der Waals surface area (Å²) < 4.78 is 13.9. The summed E-state index contributed by atoms with van der Waals surface area (Å²) in [4.78, 5) is 10.3. The SMILES string of the molecule is CCc1ncnc(NCCN2CCCCCC2)c1F. The Hall–Kier alpha value is -1.23. The van der Waals surface area contributed by atoms with Crippen LogP contribution in [-0.2, 0) is 6.42 Å². The van der Waals surface area contributed by atoms with Crippen LogP contribution in [0.3, 0.4) is 0 Å². The van der Waals surface area contributed by atoms with E-state index in [2.05, 4.69) is 20.2 Å².